The highest BCUT2D eigenvalue weighted by Gasteiger charge is 2.18. The lowest BCUT2D eigenvalue weighted by molar-refractivity contribution is -0.134. The summed E-state index contributed by atoms with van der Waals surface area (Å²) in [6.07, 6.45) is 0.0558. The average molecular weight is 311 g/mol. The van der Waals surface area contributed by atoms with Crippen LogP contribution in [0.1, 0.15) is 26.3 Å². The van der Waals surface area contributed by atoms with Gasteiger partial charge in [0.15, 0.2) is 0 Å². The van der Waals surface area contributed by atoms with Crippen molar-refractivity contribution in [2.75, 3.05) is 12.4 Å². The van der Waals surface area contributed by atoms with Crippen molar-refractivity contribution in [3.05, 3.63) is 29.6 Å². The molecule has 120 valence electrons. The fourth-order valence-electron chi connectivity index (χ4n) is 1.51. The molecule has 1 rings (SSSR count). The first-order valence-electron chi connectivity index (χ1n) is 6.41. The van der Waals surface area contributed by atoms with Crippen LogP contribution < -0.4 is 10.1 Å². The Bertz CT molecular complexity index is 604. The molecule has 2 N–H and O–H groups in total. The third-order valence-electron chi connectivity index (χ3n) is 2.38. The van der Waals surface area contributed by atoms with Crippen LogP contribution in [0.5, 0.6) is 5.75 Å². The first-order chi connectivity index (χ1) is 10.1. The van der Waals surface area contributed by atoms with E-state index in [9.17, 15) is 14.0 Å². The first kappa shape index (κ1) is 17.5. The third kappa shape index (κ3) is 5.43. The minimum absolute atomic E-state index is 0.171. The normalized spacial score (nSPS) is 11.8. The van der Waals surface area contributed by atoms with Gasteiger partial charge in [-0.2, -0.15) is 4.39 Å². The SMILES string of the molecule is COc1ccc(/C=C(\F)C(=O)O)c(NC(=O)OC(C)(C)C)c1. The van der Waals surface area contributed by atoms with Gasteiger partial charge in [-0.3, -0.25) is 5.32 Å². The number of nitrogens with one attached hydrogen (secondary N) is 1. The van der Waals surface area contributed by atoms with E-state index in [0.717, 1.165) is 6.08 Å². The minimum Gasteiger partial charge on any atom is -0.497 e. The summed E-state index contributed by atoms with van der Waals surface area (Å²) >= 11 is 0. The van der Waals surface area contributed by atoms with Gasteiger partial charge >= 0.3 is 12.1 Å². The van der Waals surface area contributed by atoms with E-state index in [1.165, 1.54) is 25.3 Å². The van der Waals surface area contributed by atoms with Gasteiger partial charge in [0.05, 0.1) is 12.8 Å². The second-order valence-electron chi connectivity index (χ2n) is 5.38. The van der Waals surface area contributed by atoms with E-state index in [2.05, 4.69) is 5.32 Å². The van der Waals surface area contributed by atoms with Crippen molar-refractivity contribution in [2.24, 2.45) is 0 Å². The van der Waals surface area contributed by atoms with E-state index in [4.69, 9.17) is 14.6 Å². The number of carboxylic acids is 1. The second kappa shape index (κ2) is 6.93. The summed E-state index contributed by atoms with van der Waals surface area (Å²) in [5.74, 6) is -2.63. The van der Waals surface area contributed by atoms with Crippen molar-refractivity contribution >= 4 is 23.8 Å². The molecule has 0 fully saturated rings. The number of methoxy groups -OCH3 is 1. The summed E-state index contributed by atoms with van der Waals surface area (Å²) in [6, 6.07) is 4.38. The van der Waals surface area contributed by atoms with E-state index < -0.39 is 23.5 Å². The highest BCUT2D eigenvalue weighted by Crippen LogP contribution is 2.25. The summed E-state index contributed by atoms with van der Waals surface area (Å²) in [5.41, 5.74) is -0.359. The maximum atomic E-state index is 13.3. The number of ether oxygens (including phenoxy) is 2. The Balaban J connectivity index is 3.12. The molecule has 0 bridgehead atoms. The minimum atomic E-state index is -1.70. The molecule has 0 atom stereocenters. The van der Waals surface area contributed by atoms with Gasteiger partial charge in [-0.15, -0.1) is 0 Å². The molecule has 22 heavy (non-hydrogen) atoms. The lowest BCUT2D eigenvalue weighted by Crippen LogP contribution is -2.27. The zero-order valence-electron chi connectivity index (χ0n) is 12.8. The summed E-state index contributed by atoms with van der Waals surface area (Å²) in [5, 5.41) is 11.0. The van der Waals surface area contributed by atoms with Crippen LogP contribution in [0.15, 0.2) is 24.0 Å². The fourth-order valence-corrected chi connectivity index (χ4v) is 1.51. The molecule has 0 aromatic heterocycles. The smallest absolute Gasteiger partial charge is 0.412 e. The number of halogens is 1. The van der Waals surface area contributed by atoms with E-state index >= 15 is 0 Å². The Hall–Kier alpha value is -2.57. The highest BCUT2D eigenvalue weighted by molar-refractivity contribution is 5.93. The van der Waals surface area contributed by atoms with Gasteiger partial charge in [-0.25, -0.2) is 9.59 Å². The Morgan fingerprint density at radius 1 is 1.32 bits per heavy atom. The predicted molar refractivity (Wildman–Crippen MR) is 79.6 cm³/mol. The molecular weight excluding hydrogens is 293 g/mol. The van der Waals surface area contributed by atoms with Gasteiger partial charge in [-0.1, -0.05) is 0 Å². The van der Waals surface area contributed by atoms with Gasteiger partial charge in [0.1, 0.15) is 11.4 Å². The number of rotatable bonds is 4. The predicted octanol–water partition coefficient (Wildman–Crippen LogP) is 3.44. The van der Waals surface area contributed by atoms with E-state index in [-0.39, 0.29) is 11.3 Å². The molecule has 0 saturated heterocycles. The molecule has 1 aromatic rings. The fraction of sp³-hybridized carbons (Fsp3) is 0.333. The number of amides is 1. The van der Waals surface area contributed by atoms with Crippen LogP contribution in [0.4, 0.5) is 14.9 Å². The van der Waals surface area contributed by atoms with Crippen molar-refractivity contribution in [1.29, 1.82) is 0 Å². The van der Waals surface area contributed by atoms with Crippen LogP contribution in [0.3, 0.4) is 0 Å². The number of aliphatic carboxylic acids is 1. The molecule has 6 nitrogen and oxygen atoms in total. The molecule has 0 aliphatic heterocycles. The molecule has 0 unspecified atom stereocenters. The van der Waals surface area contributed by atoms with E-state index in [1.807, 2.05) is 0 Å². The van der Waals surface area contributed by atoms with E-state index in [1.54, 1.807) is 20.8 Å². The van der Waals surface area contributed by atoms with Crippen LogP contribution in [-0.2, 0) is 9.53 Å². The maximum absolute atomic E-state index is 13.3. The Morgan fingerprint density at radius 3 is 2.45 bits per heavy atom. The van der Waals surface area contributed by atoms with Crippen molar-refractivity contribution < 1.29 is 28.6 Å². The molecule has 7 heteroatoms. The third-order valence-corrected chi connectivity index (χ3v) is 2.38. The molecule has 0 aliphatic carbocycles. The molecular formula is C15H18FNO5. The molecule has 0 radical (unpaired) electrons. The first-order valence-corrected chi connectivity index (χ1v) is 6.41. The quantitative estimate of drug-likeness (QED) is 0.832. The van der Waals surface area contributed by atoms with Crippen molar-refractivity contribution in [1.82, 2.24) is 0 Å². The van der Waals surface area contributed by atoms with Crippen LogP contribution >= 0.6 is 0 Å². The van der Waals surface area contributed by atoms with E-state index in [0.29, 0.717) is 5.75 Å². The lowest BCUT2D eigenvalue weighted by atomic mass is 10.1. The Labute approximate surface area is 127 Å². The monoisotopic (exact) mass is 311 g/mol. The number of benzene rings is 1. The van der Waals surface area contributed by atoms with Gasteiger partial charge in [0.25, 0.3) is 0 Å². The van der Waals surface area contributed by atoms with Crippen molar-refractivity contribution in [2.45, 2.75) is 26.4 Å². The summed E-state index contributed by atoms with van der Waals surface area (Å²) in [4.78, 5) is 22.4. The van der Waals surface area contributed by atoms with Crippen LogP contribution in [-0.4, -0.2) is 29.9 Å². The number of carboxylic acid groups (broad SMARTS) is 1. The Morgan fingerprint density at radius 2 is 1.95 bits per heavy atom. The number of anilines is 1. The number of carbonyl (C=O) groups is 2. The highest BCUT2D eigenvalue weighted by atomic mass is 19.1. The van der Waals surface area contributed by atoms with Gasteiger partial charge in [0, 0.05) is 11.6 Å². The van der Waals surface area contributed by atoms with Crippen LogP contribution in [0.2, 0.25) is 0 Å². The van der Waals surface area contributed by atoms with Crippen LogP contribution in [0.25, 0.3) is 6.08 Å². The van der Waals surface area contributed by atoms with Gasteiger partial charge < -0.3 is 14.6 Å². The van der Waals surface area contributed by atoms with Gasteiger partial charge in [-0.05, 0) is 39.0 Å². The number of carbonyl (C=O) groups excluding carboxylic acids is 1. The zero-order chi connectivity index (χ0) is 16.9. The molecule has 1 amide bonds. The summed E-state index contributed by atoms with van der Waals surface area (Å²) in [7, 11) is 1.43. The zero-order valence-corrected chi connectivity index (χ0v) is 12.8. The van der Waals surface area contributed by atoms with Crippen molar-refractivity contribution in [3.63, 3.8) is 0 Å². The lowest BCUT2D eigenvalue weighted by Gasteiger charge is -2.20. The summed E-state index contributed by atoms with van der Waals surface area (Å²) < 4.78 is 23.4. The Kier molecular flexibility index (Phi) is 5.50. The molecule has 0 heterocycles. The topological polar surface area (TPSA) is 84.9 Å². The molecule has 1 aromatic carbocycles. The largest absolute Gasteiger partial charge is 0.497 e. The number of hydrogen-bond donors (Lipinski definition) is 2. The summed E-state index contributed by atoms with van der Waals surface area (Å²) in [6.45, 7) is 5.09. The average Bonchev–Trinajstić information content (AvgIpc) is 2.38. The standard InChI is InChI=1S/C15H18FNO5/c1-15(2,3)22-14(20)17-12-8-10(21-4)6-5-9(12)7-11(16)13(18)19/h5-8H,1-4H3,(H,17,20)(H,18,19)/b11-7-. The molecule has 0 saturated carbocycles. The second-order valence-corrected chi connectivity index (χ2v) is 5.38. The molecule has 0 spiro atoms. The van der Waals surface area contributed by atoms with Crippen molar-refractivity contribution in [3.8, 4) is 5.75 Å². The molecule has 0 aliphatic rings. The maximum Gasteiger partial charge on any atom is 0.412 e. The van der Waals surface area contributed by atoms with Gasteiger partial charge in [0.2, 0.25) is 5.83 Å². The van der Waals surface area contributed by atoms with Crippen LogP contribution in [0, 0.1) is 0 Å². The number of hydrogen-bond acceptors (Lipinski definition) is 4.